The molecule has 0 aromatic carbocycles. The van der Waals surface area contributed by atoms with Crippen molar-refractivity contribution in [2.75, 3.05) is 0 Å². The van der Waals surface area contributed by atoms with Gasteiger partial charge in [-0.25, -0.2) is 4.79 Å². The predicted octanol–water partition coefficient (Wildman–Crippen LogP) is 3.79. The zero-order valence-electron chi connectivity index (χ0n) is 10.2. The molecule has 0 heterocycles. The number of carbonyl (C=O) groups is 1. The number of hydrogen-bond acceptors (Lipinski definition) is 1. The average Bonchev–Trinajstić information content (AvgIpc) is 2.22. The lowest BCUT2D eigenvalue weighted by atomic mass is 9.91. The van der Waals surface area contributed by atoms with Gasteiger partial charge in [0.2, 0.25) is 0 Å². The molecule has 0 spiro atoms. The molecule has 0 aliphatic rings. The molecule has 86 valence electrons. The van der Waals surface area contributed by atoms with Crippen LogP contribution in [-0.4, -0.2) is 11.1 Å². The Hall–Kier alpha value is -1.05. The molecule has 0 rings (SSSR count). The number of aliphatic carboxylic acids is 1. The molecule has 0 bridgehead atoms. The van der Waals surface area contributed by atoms with Gasteiger partial charge in [-0.05, 0) is 32.1 Å². The summed E-state index contributed by atoms with van der Waals surface area (Å²) in [5, 5.41) is 8.82. The number of carboxylic acid groups (broad SMARTS) is 1. The first-order valence-corrected chi connectivity index (χ1v) is 5.67. The minimum Gasteiger partial charge on any atom is -0.478 e. The van der Waals surface area contributed by atoms with E-state index < -0.39 is 5.97 Å². The number of rotatable bonds is 6. The van der Waals surface area contributed by atoms with Crippen LogP contribution in [0.3, 0.4) is 0 Å². The second kappa shape index (κ2) is 7.27. The number of hydrogen-bond donors (Lipinski definition) is 1. The molecule has 2 nitrogen and oxygen atoms in total. The van der Waals surface area contributed by atoms with E-state index in [4.69, 9.17) is 5.11 Å². The van der Waals surface area contributed by atoms with Crippen molar-refractivity contribution in [3.63, 3.8) is 0 Å². The Labute approximate surface area is 92.7 Å². The summed E-state index contributed by atoms with van der Waals surface area (Å²) >= 11 is 0. The monoisotopic (exact) mass is 210 g/mol. The van der Waals surface area contributed by atoms with Crippen molar-refractivity contribution in [1.29, 1.82) is 0 Å². The standard InChI is InChI=1S/C13H22O2/c1-5-8-11(6-2)12(7-3)9-10(4)13(14)15/h8-9,12H,5-7H2,1-4H3,(H,14,15). The first-order valence-electron chi connectivity index (χ1n) is 5.67. The lowest BCUT2D eigenvalue weighted by Crippen LogP contribution is -2.04. The topological polar surface area (TPSA) is 37.3 Å². The van der Waals surface area contributed by atoms with Crippen LogP contribution in [0.5, 0.6) is 0 Å². The first kappa shape index (κ1) is 13.9. The third kappa shape index (κ3) is 4.82. The molecule has 2 heteroatoms. The fraction of sp³-hybridized carbons (Fsp3) is 0.615. The fourth-order valence-electron chi connectivity index (χ4n) is 1.68. The van der Waals surface area contributed by atoms with Gasteiger partial charge in [0, 0.05) is 5.57 Å². The Morgan fingerprint density at radius 1 is 1.33 bits per heavy atom. The van der Waals surface area contributed by atoms with E-state index in [2.05, 4.69) is 26.8 Å². The molecular formula is C13H22O2. The quantitative estimate of drug-likeness (QED) is 0.535. The van der Waals surface area contributed by atoms with Gasteiger partial charge in [-0.2, -0.15) is 0 Å². The van der Waals surface area contributed by atoms with E-state index in [0.717, 1.165) is 19.3 Å². The summed E-state index contributed by atoms with van der Waals surface area (Å²) in [4.78, 5) is 10.7. The van der Waals surface area contributed by atoms with Crippen molar-refractivity contribution >= 4 is 5.97 Å². The lowest BCUT2D eigenvalue weighted by Gasteiger charge is -2.14. The number of carboxylic acids is 1. The minimum absolute atomic E-state index is 0.283. The van der Waals surface area contributed by atoms with E-state index in [1.807, 2.05) is 6.08 Å². The highest BCUT2D eigenvalue weighted by atomic mass is 16.4. The molecule has 1 atom stereocenters. The van der Waals surface area contributed by atoms with Crippen LogP contribution in [-0.2, 0) is 4.79 Å². The van der Waals surface area contributed by atoms with Gasteiger partial charge in [-0.3, -0.25) is 0 Å². The van der Waals surface area contributed by atoms with Crippen molar-refractivity contribution in [1.82, 2.24) is 0 Å². The van der Waals surface area contributed by atoms with E-state index >= 15 is 0 Å². The van der Waals surface area contributed by atoms with Gasteiger partial charge >= 0.3 is 5.97 Å². The second-order valence-electron chi connectivity index (χ2n) is 3.71. The highest BCUT2D eigenvalue weighted by Gasteiger charge is 2.10. The Bertz CT molecular complexity index is 262. The van der Waals surface area contributed by atoms with Crippen molar-refractivity contribution in [3.8, 4) is 0 Å². The van der Waals surface area contributed by atoms with Gasteiger partial charge in [0.1, 0.15) is 0 Å². The van der Waals surface area contributed by atoms with Crippen LogP contribution in [0.1, 0.15) is 47.0 Å². The molecular weight excluding hydrogens is 188 g/mol. The molecule has 15 heavy (non-hydrogen) atoms. The largest absolute Gasteiger partial charge is 0.478 e. The van der Waals surface area contributed by atoms with Crippen LogP contribution < -0.4 is 0 Å². The van der Waals surface area contributed by atoms with Gasteiger partial charge in [-0.1, -0.05) is 38.5 Å². The summed E-state index contributed by atoms with van der Waals surface area (Å²) in [6.07, 6.45) is 7.05. The van der Waals surface area contributed by atoms with Gasteiger partial charge in [-0.15, -0.1) is 0 Å². The zero-order valence-corrected chi connectivity index (χ0v) is 10.2. The van der Waals surface area contributed by atoms with Gasteiger partial charge in [0.25, 0.3) is 0 Å². The predicted molar refractivity (Wildman–Crippen MR) is 63.8 cm³/mol. The van der Waals surface area contributed by atoms with Crippen molar-refractivity contribution in [2.24, 2.45) is 5.92 Å². The van der Waals surface area contributed by atoms with E-state index in [1.165, 1.54) is 5.57 Å². The molecule has 1 unspecified atom stereocenters. The summed E-state index contributed by atoms with van der Waals surface area (Å²) in [5.74, 6) is -0.536. The summed E-state index contributed by atoms with van der Waals surface area (Å²) < 4.78 is 0. The van der Waals surface area contributed by atoms with Crippen molar-refractivity contribution in [2.45, 2.75) is 47.0 Å². The van der Waals surface area contributed by atoms with Crippen molar-refractivity contribution in [3.05, 3.63) is 23.3 Å². The van der Waals surface area contributed by atoms with Gasteiger partial charge in [0.05, 0.1) is 0 Å². The smallest absolute Gasteiger partial charge is 0.330 e. The van der Waals surface area contributed by atoms with Gasteiger partial charge in [0.15, 0.2) is 0 Å². The van der Waals surface area contributed by atoms with E-state index in [-0.39, 0.29) is 5.92 Å². The molecule has 0 aliphatic carbocycles. The van der Waals surface area contributed by atoms with Crippen LogP contribution in [0.15, 0.2) is 23.3 Å². The maximum absolute atomic E-state index is 10.7. The SMILES string of the molecule is CCC=C(CC)C(C=C(C)C(=O)O)CC. The molecule has 0 aliphatic heterocycles. The highest BCUT2D eigenvalue weighted by molar-refractivity contribution is 5.85. The summed E-state index contributed by atoms with van der Waals surface area (Å²) in [6, 6.07) is 0. The Morgan fingerprint density at radius 2 is 1.93 bits per heavy atom. The Balaban J connectivity index is 4.82. The maximum atomic E-state index is 10.7. The Morgan fingerprint density at radius 3 is 2.27 bits per heavy atom. The van der Waals surface area contributed by atoms with Crippen LogP contribution in [0.2, 0.25) is 0 Å². The highest BCUT2D eigenvalue weighted by Crippen LogP contribution is 2.22. The summed E-state index contributed by atoms with van der Waals surface area (Å²) in [6.45, 7) is 7.98. The van der Waals surface area contributed by atoms with Crippen LogP contribution in [0, 0.1) is 5.92 Å². The first-order chi connectivity index (χ1) is 7.06. The van der Waals surface area contributed by atoms with E-state index in [0.29, 0.717) is 5.57 Å². The van der Waals surface area contributed by atoms with Crippen LogP contribution in [0.25, 0.3) is 0 Å². The van der Waals surface area contributed by atoms with Gasteiger partial charge < -0.3 is 5.11 Å². The Kier molecular flexibility index (Phi) is 6.76. The van der Waals surface area contributed by atoms with Crippen LogP contribution in [0.4, 0.5) is 0 Å². The molecule has 0 saturated heterocycles. The average molecular weight is 210 g/mol. The molecule has 1 N–H and O–H groups in total. The molecule has 0 amide bonds. The normalized spacial score (nSPS) is 15.2. The molecule has 0 saturated carbocycles. The summed E-state index contributed by atoms with van der Waals surface area (Å²) in [7, 11) is 0. The second-order valence-corrected chi connectivity index (χ2v) is 3.71. The molecule has 0 radical (unpaired) electrons. The number of allylic oxidation sites excluding steroid dienone is 3. The third-order valence-corrected chi connectivity index (χ3v) is 2.58. The summed E-state index contributed by atoms with van der Waals surface area (Å²) in [5.41, 5.74) is 1.79. The van der Waals surface area contributed by atoms with Crippen molar-refractivity contribution < 1.29 is 9.90 Å². The molecule has 0 aromatic heterocycles. The van der Waals surface area contributed by atoms with E-state index in [1.54, 1.807) is 6.92 Å². The fourth-order valence-corrected chi connectivity index (χ4v) is 1.68. The molecule has 0 fully saturated rings. The maximum Gasteiger partial charge on any atom is 0.330 e. The molecule has 0 aromatic rings. The minimum atomic E-state index is -0.819. The lowest BCUT2D eigenvalue weighted by molar-refractivity contribution is -0.132. The third-order valence-electron chi connectivity index (χ3n) is 2.58. The van der Waals surface area contributed by atoms with E-state index in [9.17, 15) is 4.79 Å². The van der Waals surface area contributed by atoms with Crippen LogP contribution >= 0.6 is 0 Å². The zero-order chi connectivity index (χ0) is 11.8.